The summed E-state index contributed by atoms with van der Waals surface area (Å²) in [4.78, 5) is 50.3. The van der Waals surface area contributed by atoms with E-state index in [1.165, 1.54) is 0 Å². The number of thioether (sulfide) groups is 1. The number of imidazole rings is 2. The number of pyridine rings is 1. The Labute approximate surface area is 284 Å². The van der Waals surface area contributed by atoms with Crippen LogP contribution in [0.1, 0.15) is 96.2 Å². The molecule has 2 amide bonds. The second-order valence-corrected chi connectivity index (χ2v) is 16.0. The van der Waals surface area contributed by atoms with Crippen LogP contribution in [-0.2, 0) is 14.2 Å². The zero-order valence-electron chi connectivity index (χ0n) is 28.2. The zero-order chi connectivity index (χ0) is 33.8. The van der Waals surface area contributed by atoms with Crippen LogP contribution in [0.15, 0.2) is 42.6 Å². The van der Waals surface area contributed by atoms with Crippen molar-refractivity contribution in [3.8, 4) is 23.1 Å². The summed E-state index contributed by atoms with van der Waals surface area (Å²) in [7, 11) is 0. The average Bonchev–Trinajstić information content (AvgIpc) is 3.40. The first-order valence-electron chi connectivity index (χ1n) is 16.5. The van der Waals surface area contributed by atoms with Crippen LogP contribution in [-0.4, -0.2) is 76.6 Å². The van der Waals surface area contributed by atoms with Crippen LogP contribution in [0.3, 0.4) is 0 Å². The minimum absolute atomic E-state index is 0.00637. The van der Waals surface area contributed by atoms with Gasteiger partial charge in [-0.05, 0) is 103 Å². The minimum atomic E-state index is -0.545. The highest BCUT2D eigenvalue weighted by Gasteiger charge is 2.65. The van der Waals surface area contributed by atoms with Crippen LogP contribution in [0.25, 0.3) is 22.4 Å². The maximum atomic E-state index is 12.8. The van der Waals surface area contributed by atoms with E-state index in [0.29, 0.717) is 24.4 Å². The summed E-state index contributed by atoms with van der Waals surface area (Å²) < 4.78 is 11.0. The molecular formula is C36H41N7O4S. The summed E-state index contributed by atoms with van der Waals surface area (Å²) in [6.07, 6.45) is 4.80. The van der Waals surface area contributed by atoms with Gasteiger partial charge in [-0.1, -0.05) is 18.1 Å². The number of amides is 2. The fourth-order valence-corrected chi connectivity index (χ4v) is 7.84. The van der Waals surface area contributed by atoms with E-state index in [4.69, 9.17) is 19.4 Å². The number of ether oxygens (including phenoxy) is 2. The molecule has 3 atom stereocenters. The van der Waals surface area contributed by atoms with Gasteiger partial charge in [0, 0.05) is 18.7 Å². The molecular weight excluding hydrogens is 627 g/mol. The number of H-pyrrole nitrogens is 2. The molecule has 0 spiro atoms. The third-order valence-corrected chi connectivity index (χ3v) is 10.3. The number of fused-ring (bicyclic) bond motifs is 2. The molecule has 3 fully saturated rings. The highest BCUT2D eigenvalue weighted by atomic mass is 32.2. The van der Waals surface area contributed by atoms with Gasteiger partial charge in [0.05, 0.1) is 23.4 Å². The quantitative estimate of drug-likeness (QED) is 0.175. The van der Waals surface area contributed by atoms with Crippen molar-refractivity contribution in [1.82, 2.24) is 34.7 Å². The Morgan fingerprint density at radius 3 is 2.33 bits per heavy atom. The molecule has 0 bridgehead atoms. The monoisotopic (exact) mass is 667 g/mol. The van der Waals surface area contributed by atoms with E-state index in [0.717, 1.165) is 59.7 Å². The Morgan fingerprint density at radius 1 is 0.896 bits per heavy atom. The Morgan fingerprint density at radius 2 is 1.60 bits per heavy atom. The molecule has 1 aromatic carbocycles. The molecule has 11 nitrogen and oxygen atoms in total. The lowest BCUT2D eigenvalue weighted by atomic mass is 9.97. The molecule has 4 aromatic rings. The molecule has 3 aliphatic heterocycles. The predicted molar refractivity (Wildman–Crippen MR) is 184 cm³/mol. The highest BCUT2D eigenvalue weighted by molar-refractivity contribution is 8.08. The number of nitrogens with one attached hydrogen (secondary N) is 2. The molecule has 1 unspecified atom stereocenters. The maximum absolute atomic E-state index is 12.8. The van der Waals surface area contributed by atoms with E-state index in [2.05, 4.69) is 26.8 Å². The Balaban J connectivity index is 1.02. The molecule has 3 aliphatic rings. The Bertz CT molecular complexity index is 1930. The van der Waals surface area contributed by atoms with Crippen LogP contribution in [0, 0.1) is 11.8 Å². The van der Waals surface area contributed by atoms with Crippen molar-refractivity contribution in [3.63, 3.8) is 0 Å². The Hall–Kier alpha value is -4.50. The van der Waals surface area contributed by atoms with Gasteiger partial charge >= 0.3 is 12.2 Å². The summed E-state index contributed by atoms with van der Waals surface area (Å²) >= 11 is 1.75. The molecule has 3 aromatic heterocycles. The summed E-state index contributed by atoms with van der Waals surface area (Å²) in [6, 6.07) is 11.7. The molecule has 3 saturated heterocycles. The van der Waals surface area contributed by atoms with E-state index >= 15 is 0 Å². The first-order chi connectivity index (χ1) is 22.8. The number of piperidine rings is 1. The van der Waals surface area contributed by atoms with Crippen LogP contribution < -0.4 is 0 Å². The van der Waals surface area contributed by atoms with Crippen molar-refractivity contribution in [1.29, 1.82) is 0 Å². The van der Waals surface area contributed by atoms with Gasteiger partial charge in [-0.2, -0.15) is 0 Å². The van der Waals surface area contributed by atoms with E-state index in [9.17, 15) is 9.59 Å². The standard InChI is InChI=1S/C36H41N7O4S/c1-34(2,3)46-32(44)42-19-7-9-27(42)29-37-21-26(39-29)23-13-10-22(11-14-23)12-15-24-16-17-25-28(38-24)41-30(40-25)36-18-8-20-43(31(36)48-36)33(45)47-35(4,5)6/h10-11,13-14,16-17,21,27,31H,7-9,18-20H2,1-6H3,(H,37,39)(H,38,40,41)/t27-,31?,36-/m0/s1. The maximum Gasteiger partial charge on any atom is 0.411 e. The van der Waals surface area contributed by atoms with Crippen molar-refractivity contribution in [3.05, 3.63) is 65.5 Å². The average molecular weight is 668 g/mol. The van der Waals surface area contributed by atoms with Gasteiger partial charge in [-0.3, -0.25) is 9.80 Å². The third kappa shape index (κ3) is 6.48. The number of benzene rings is 1. The number of aromatic amines is 2. The normalized spacial score (nSPS) is 22.2. The number of likely N-dealkylation sites (tertiary alicyclic amines) is 2. The predicted octanol–water partition coefficient (Wildman–Crippen LogP) is 7.12. The Kier molecular flexibility index (Phi) is 7.94. The fraction of sp³-hybridized carbons (Fsp3) is 0.472. The lowest BCUT2D eigenvalue weighted by Crippen LogP contribution is -2.44. The van der Waals surface area contributed by atoms with Gasteiger partial charge in [-0.25, -0.2) is 24.5 Å². The van der Waals surface area contributed by atoms with Crippen molar-refractivity contribution < 1.29 is 19.1 Å². The van der Waals surface area contributed by atoms with Crippen molar-refractivity contribution >= 4 is 35.1 Å². The number of hydrogen-bond donors (Lipinski definition) is 2. The third-order valence-electron chi connectivity index (χ3n) is 8.59. The topological polar surface area (TPSA) is 129 Å². The molecule has 0 saturated carbocycles. The van der Waals surface area contributed by atoms with Gasteiger partial charge in [-0.15, -0.1) is 11.8 Å². The zero-order valence-corrected chi connectivity index (χ0v) is 29.0. The molecule has 0 radical (unpaired) electrons. The molecule has 6 heterocycles. The first kappa shape index (κ1) is 32.1. The van der Waals surface area contributed by atoms with E-state index in [1.807, 2.05) is 89.0 Å². The van der Waals surface area contributed by atoms with Gasteiger partial charge in [0.1, 0.15) is 38.7 Å². The summed E-state index contributed by atoms with van der Waals surface area (Å²) in [5, 5.41) is 0.00637. The van der Waals surface area contributed by atoms with Gasteiger partial charge in [0.15, 0.2) is 5.65 Å². The minimum Gasteiger partial charge on any atom is -0.444 e. The van der Waals surface area contributed by atoms with Crippen LogP contribution in [0.2, 0.25) is 0 Å². The SMILES string of the molecule is CC(C)(C)OC(=O)N1CCC[C@@]2(c3nc4nc(C#Cc5ccc(-c6cnc([C@@H]7CCCN7C(=O)OC(C)(C)C)[nH]6)cc5)ccc4[nH]3)SC12. The number of carbonyl (C=O) groups excluding carboxylic acids is 2. The van der Waals surface area contributed by atoms with E-state index in [-0.39, 0.29) is 28.3 Å². The smallest absolute Gasteiger partial charge is 0.411 e. The number of carbonyl (C=O) groups is 2. The van der Waals surface area contributed by atoms with Crippen LogP contribution in [0.5, 0.6) is 0 Å². The molecule has 2 N–H and O–H groups in total. The lowest BCUT2D eigenvalue weighted by molar-refractivity contribution is 0.0185. The van der Waals surface area contributed by atoms with Gasteiger partial charge in [0.25, 0.3) is 0 Å². The van der Waals surface area contributed by atoms with E-state index in [1.54, 1.807) is 16.7 Å². The first-order valence-corrected chi connectivity index (χ1v) is 17.4. The van der Waals surface area contributed by atoms with E-state index < -0.39 is 11.2 Å². The van der Waals surface area contributed by atoms with Gasteiger partial charge < -0.3 is 19.4 Å². The summed E-state index contributed by atoms with van der Waals surface area (Å²) in [5.41, 5.74) is 3.73. The molecule has 250 valence electrons. The molecule has 48 heavy (non-hydrogen) atoms. The molecule has 7 rings (SSSR count). The highest BCUT2D eigenvalue weighted by Crippen LogP contribution is 2.66. The van der Waals surface area contributed by atoms with Crippen molar-refractivity contribution in [2.75, 3.05) is 13.1 Å². The van der Waals surface area contributed by atoms with Crippen molar-refractivity contribution in [2.45, 2.75) is 94.6 Å². The number of hydrogen-bond acceptors (Lipinski definition) is 8. The number of rotatable bonds is 3. The number of aromatic nitrogens is 5. The lowest BCUT2D eigenvalue weighted by Gasteiger charge is -2.31. The fourth-order valence-electron chi connectivity index (χ4n) is 6.37. The van der Waals surface area contributed by atoms with Crippen LogP contribution in [0.4, 0.5) is 9.59 Å². The largest absolute Gasteiger partial charge is 0.444 e. The summed E-state index contributed by atoms with van der Waals surface area (Å²) in [6.45, 7) is 12.6. The van der Waals surface area contributed by atoms with Crippen LogP contribution >= 0.6 is 11.8 Å². The second-order valence-electron chi connectivity index (χ2n) is 14.6. The number of nitrogens with zero attached hydrogens (tertiary/aromatic N) is 5. The summed E-state index contributed by atoms with van der Waals surface area (Å²) in [5.74, 6) is 8.01. The second kappa shape index (κ2) is 11.9. The molecule has 12 heteroatoms. The van der Waals surface area contributed by atoms with Crippen molar-refractivity contribution in [2.24, 2.45) is 0 Å². The molecule has 0 aliphatic carbocycles. The van der Waals surface area contributed by atoms with Gasteiger partial charge in [0.2, 0.25) is 0 Å².